The van der Waals surface area contributed by atoms with Gasteiger partial charge in [-0.25, -0.2) is 0 Å². The van der Waals surface area contributed by atoms with E-state index in [0.29, 0.717) is 17.1 Å². The average Bonchev–Trinajstić information content (AvgIpc) is 2.59. The molecule has 0 unspecified atom stereocenters. The van der Waals surface area contributed by atoms with Gasteiger partial charge in [0.1, 0.15) is 0 Å². The molecule has 0 aliphatic heterocycles. The molecule has 1 N–H and O–H groups in total. The van der Waals surface area contributed by atoms with E-state index in [1.807, 2.05) is 25.1 Å². The van der Waals surface area contributed by atoms with Crippen molar-refractivity contribution in [3.63, 3.8) is 0 Å². The van der Waals surface area contributed by atoms with Crippen LogP contribution in [0.3, 0.4) is 0 Å². The molecule has 2 rings (SSSR count). The van der Waals surface area contributed by atoms with Gasteiger partial charge in [0.2, 0.25) is 0 Å². The molecular formula is C17H20N2O3. The molecule has 1 atom stereocenters. The van der Waals surface area contributed by atoms with Gasteiger partial charge in [0.25, 0.3) is 5.91 Å². The van der Waals surface area contributed by atoms with Crippen LogP contribution in [0, 0.1) is 0 Å². The van der Waals surface area contributed by atoms with Gasteiger partial charge in [0, 0.05) is 12.4 Å². The van der Waals surface area contributed by atoms with E-state index < -0.39 is 0 Å². The summed E-state index contributed by atoms with van der Waals surface area (Å²) in [6.07, 6.45) is 3.96. The molecule has 0 saturated heterocycles. The summed E-state index contributed by atoms with van der Waals surface area (Å²) in [6.45, 7) is 2.02. The van der Waals surface area contributed by atoms with Crippen LogP contribution >= 0.6 is 0 Å². The molecule has 0 saturated carbocycles. The van der Waals surface area contributed by atoms with Gasteiger partial charge in [-0.1, -0.05) is 13.0 Å². The van der Waals surface area contributed by atoms with E-state index in [2.05, 4.69) is 10.3 Å². The fourth-order valence-electron chi connectivity index (χ4n) is 2.23. The van der Waals surface area contributed by atoms with Gasteiger partial charge in [-0.3, -0.25) is 9.78 Å². The largest absolute Gasteiger partial charge is 0.493 e. The van der Waals surface area contributed by atoms with E-state index in [4.69, 9.17) is 9.47 Å². The number of benzene rings is 1. The molecule has 1 amide bonds. The van der Waals surface area contributed by atoms with Crippen LogP contribution in [0.4, 0.5) is 0 Å². The van der Waals surface area contributed by atoms with Crippen LogP contribution in [0.15, 0.2) is 42.7 Å². The van der Waals surface area contributed by atoms with Gasteiger partial charge < -0.3 is 14.8 Å². The Morgan fingerprint density at radius 2 is 2.00 bits per heavy atom. The molecule has 2 aromatic rings. The van der Waals surface area contributed by atoms with Crippen molar-refractivity contribution in [2.24, 2.45) is 0 Å². The Bertz CT molecular complexity index is 629. The zero-order valence-electron chi connectivity index (χ0n) is 13.0. The van der Waals surface area contributed by atoms with Crippen molar-refractivity contribution in [1.29, 1.82) is 0 Å². The lowest BCUT2D eigenvalue weighted by atomic mass is 10.0. The summed E-state index contributed by atoms with van der Waals surface area (Å²) in [4.78, 5) is 16.2. The highest BCUT2D eigenvalue weighted by molar-refractivity contribution is 5.94. The first kappa shape index (κ1) is 15.8. The van der Waals surface area contributed by atoms with Crippen molar-refractivity contribution in [2.45, 2.75) is 19.4 Å². The molecule has 0 fully saturated rings. The molecule has 0 spiro atoms. The first-order valence-corrected chi connectivity index (χ1v) is 7.12. The summed E-state index contributed by atoms with van der Waals surface area (Å²) in [5, 5.41) is 3.01. The molecule has 0 aliphatic rings. The molecular weight excluding hydrogens is 280 g/mol. The predicted molar refractivity (Wildman–Crippen MR) is 84.3 cm³/mol. The Morgan fingerprint density at radius 3 is 2.59 bits per heavy atom. The minimum Gasteiger partial charge on any atom is -0.493 e. The smallest absolute Gasteiger partial charge is 0.253 e. The van der Waals surface area contributed by atoms with E-state index in [9.17, 15) is 4.79 Å². The molecule has 1 aromatic carbocycles. The highest BCUT2D eigenvalue weighted by atomic mass is 16.5. The quantitative estimate of drug-likeness (QED) is 0.891. The van der Waals surface area contributed by atoms with E-state index in [0.717, 1.165) is 12.0 Å². The third-order valence-corrected chi connectivity index (χ3v) is 3.45. The summed E-state index contributed by atoms with van der Waals surface area (Å²) >= 11 is 0. The fourth-order valence-corrected chi connectivity index (χ4v) is 2.23. The number of ether oxygens (including phenoxy) is 2. The highest BCUT2D eigenvalue weighted by Crippen LogP contribution is 2.30. The van der Waals surface area contributed by atoms with Crippen molar-refractivity contribution in [3.05, 3.63) is 53.9 Å². The van der Waals surface area contributed by atoms with Crippen LogP contribution < -0.4 is 14.8 Å². The Hall–Kier alpha value is -2.56. The monoisotopic (exact) mass is 300 g/mol. The minimum atomic E-state index is -0.144. The highest BCUT2D eigenvalue weighted by Gasteiger charge is 2.16. The van der Waals surface area contributed by atoms with Crippen molar-refractivity contribution >= 4 is 5.91 Å². The first-order valence-electron chi connectivity index (χ1n) is 7.12. The summed E-state index contributed by atoms with van der Waals surface area (Å²) in [6, 6.07) is 9.03. The number of hydrogen-bond acceptors (Lipinski definition) is 4. The number of carbonyl (C=O) groups excluding carboxylic acids is 1. The van der Waals surface area contributed by atoms with Crippen molar-refractivity contribution < 1.29 is 14.3 Å². The molecule has 0 radical (unpaired) electrons. The topological polar surface area (TPSA) is 60.5 Å². The van der Waals surface area contributed by atoms with Crippen LogP contribution in [0.5, 0.6) is 11.5 Å². The maximum atomic E-state index is 12.3. The minimum absolute atomic E-state index is 0.104. The van der Waals surface area contributed by atoms with Crippen molar-refractivity contribution in [1.82, 2.24) is 10.3 Å². The van der Waals surface area contributed by atoms with Gasteiger partial charge in [-0.05, 0) is 36.2 Å². The number of rotatable bonds is 6. The molecule has 1 heterocycles. The Labute approximate surface area is 130 Å². The normalized spacial score (nSPS) is 11.6. The second-order valence-electron chi connectivity index (χ2n) is 4.79. The van der Waals surface area contributed by atoms with Crippen LogP contribution in [0.25, 0.3) is 0 Å². The average molecular weight is 300 g/mol. The van der Waals surface area contributed by atoms with Gasteiger partial charge in [0.15, 0.2) is 11.5 Å². The maximum Gasteiger partial charge on any atom is 0.253 e. The van der Waals surface area contributed by atoms with Crippen molar-refractivity contribution in [3.8, 4) is 11.5 Å². The van der Waals surface area contributed by atoms with Gasteiger partial charge >= 0.3 is 0 Å². The summed E-state index contributed by atoms with van der Waals surface area (Å²) in [5.74, 6) is 1.17. The number of hydrogen-bond donors (Lipinski definition) is 1. The standard InChI is InChI=1S/C17H20N2O3/c1-4-14(19-17(20)13-6-5-9-18-11-13)12-7-8-15(21-2)16(10-12)22-3/h5-11,14H,4H2,1-3H3,(H,19,20)/t14-/m0/s1. The Kier molecular flexibility index (Phi) is 5.36. The Morgan fingerprint density at radius 1 is 1.23 bits per heavy atom. The van der Waals surface area contributed by atoms with Crippen LogP contribution in [0.2, 0.25) is 0 Å². The van der Waals surface area contributed by atoms with Gasteiger partial charge in [-0.2, -0.15) is 0 Å². The number of carbonyl (C=O) groups is 1. The van der Waals surface area contributed by atoms with Crippen LogP contribution in [-0.2, 0) is 0 Å². The molecule has 22 heavy (non-hydrogen) atoms. The number of amides is 1. The first-order chi connectivity index (χ1) is 10.7. The van der Waals surface area contributed by atoms with E-state index in [1.54, 1.807) is 38.7 Å². The third-order valence-electron chi connectivity index (χ3n) is 3.45. The Balaban J connectivity index is 2.20. The number of methoxy groups -OCH3 is 2. The number of nitrogens with one attached hydrogen (secondary N) is 1. The van der Waals surface area contributed by atoms with Crippen LogP contribution in [0.1, 0.15) is 35.3 Å². The van der Waals surface area contributed by atoms with Gasteiger partial charge in [0.05, 0.1) is 25.8 Å². The second kappa shape index (κ2) is 7.45. The maximum absolute atomic E-state index is 12.3. The molecule has 116 valence electrons. The predicted octanol–water partition coefficient (Wildman–Crippen LogP) is 2.98. The lowest BCUT2D eigenvalue weighted by Crippen LogP contribution is -2.28. The summed E-state index contributed by atoms with van der Waals surface area (Å²) in [5.41, 5.74) is 1.51. The zero-order chi connectivity index (χ0) is 15.9. The molecule has 5 heteroatoms. The molecule has 0 aliphatic carbocycles. The second-order valence-corrected chi connectivity index (χ2v) is 4.79. The molecule has 1 aromatic heterocycles. The lowest BCUT2D eigenvalue weighted by Gasteiger charge is -2.19. The molecule has 5 nitrogen and oxygen atoms in total. The van der Waals surface area contributed by atoms with E-state index >= 15 is 0 Å². The number of pyridine rings is 1. The fraction of sp³-hybridized carbons (Fsp3) is 0.294. The van der Waals surface area contributed by atoms with E-state index in [-0.39, 0.29) is 11.9 Å². The molecule has 0 bridgehead atoms. The van der Waals surface area contributed by atoms with Crippen LogP contribution in [-0.4, -0.2) is 25.1 Å². The zero-order valence-corrected chi connectivity index (χ0v) is 13.0. The summed E-state index contributed by atoms with van der Waals surface area (Å²) in [7, 11) is 3.19. The van der Waals surface area contributed by atoms with E-state index in [1.165, 1.54) is 0 Å². The number of aromatic nitrogens is 1. The lowest BCUT2D eigenvalue weighted by molar-refractivity contribution is 0.0935. The van der Waals surface area contributed by atoms with Gasteiger partial charge in [-0.15, -0.1) is 0 Å². The third kappa shape index (κ3) is 3.55. The SMILES string of the molecule is CC[C@H](NC(=O)c1cccnc1)c1ccc(OC)c(OC)c1. The van der Waals surface area contributed by atoms with Crippen molar-refractivity contribution in [2.75, 3.05) is 14.2 Å². The number of nitrogens with zero attached hydrogens (tertiary/aromatic N) is 1. The summed E-state index contributed by atoms with van der Waals surface area (Å²) < 4.78 is 10.5.